The van der Waals surface area contributed by atoms with Gasteiger partial charge in [0, 0.05) is 18.3 Å². The number of hydrogen-bond acceptors (Lipinski definition) is 2. The fraction of sp³-hybridized carbons (Fsp3) is 0.150. The summed E-state index contributed by atoms with van der Waals surface area (Å²) in [5.41, 5.74) is 8.12. The van der Waals surface area contributed by atoms with Crippen molar-refractivity contribution in [3.05, 3.63) is 71.9 Å². The zero-order chi connectivity index (χ0) is 16.3. The Morgan fingerprint density at radius 3 is 2.88 bits per heavy atom. The van der Waals surface area contributed by atoms with Gasteiger partial charge >= 0.3 is 0 Å². The SMILES string of the molecule is Cc1ccc2c(nc3n2-c2cccnc2C3)c1-c1cccc[n+]1C. The zero-order valence-corrected chi connectivity index (χ0v) is 13.7. The van der Waals surface area contributed by atoms with Crippen LogP contribution in [0.3, 0.4) is 0 Å². The van der Waals surface area contributed by atoms with Crippen LogP contribution in [0.1, 0.15) is 17.1 Å². The molecule has 4 heterocycles. The third kappa shape index (κ3) is 1.71. The van der Waals surface area contributed by atoms with E-state index in [1.54, 1.807) is 0 Å². The standard InChI is InChI=1S/C20H17N4/c1-13-8-9-17-20(19(13)16-6-3-4-11-23(16)2)22-18-12-14-15(24(17)18)7-5-10-21-14/h3-11H,12H2,1-2H3/q+1. The molecular weight excluding hydrogens is 296 g/mol. The lowest BCUT2D eigenvalue weighted by atomic mass is 10.0. The minimum Gasteiger partial charge on any atom is -0.294 e. The minimum atomic E-state index is 0.796. The van der Waals surface area contributed by atoms with Crippen molar-refractivity contribution >= 4 is 11.0 Å². The highest BCUT2D eigenvalue weighted by atomic mass is 15.1. The van der Waals surface area contributed by atoms with Crippen molar-refractivity contribution in [3.8, 4) is 16.9 Å². The molecular formula is C20H17N4+. The summed E-state index contributed by atoms with van der Waals surface area (Å²) in [5, 5.41) is 0. The van der Waals surface area contributed by atoms with Gasteiger partial charge in [0.25, 0.3) is 0 Å². The van der Waals surface area contributed by atoms with Gasteiger partial charge in [0.2, 0.25) is 5.69 Å². The predicted molar refractivity (Wildman–Crippen MR) is 93.0 cm³/mol. The molecule has 0 spiro atoms. The molecule has 4 nitrogen and oxygen atoms in total. The van der Waals surface area contributed by atoms with Gasteiger partial charge in [0.05, 0.1) is 28.9 Å². The Balaban J connectivity index is 1.87. The average Bonchev–Trinajstić information content (AvgIpc) is 3.11. The number of fused-ring (bicyclic) bond motifs is 5. The van der Waals surface area contributed by atoms with Crippen LogP contribution in [0, 0.1) is 6.92 Å². The number of aromatic nitrogens is 4. The molecule has 5 rings (SSSR count). The lowest BCUT2D eigenvalue weighted by Crippen LogP contribution is -2.30. The predicted octanol–water partition coefficient (Wildman–Crippen LogP) is 3.12. The summed E-state index contributed by atoms with van der Waals surface area (Å²) in [6.07, 6.45) is 4.73. The summed E-state index contributed by atoms with van der Waals surface area (Å²) in [4.78, 5) is 9.50. The summed E-state index contributed by atoms with van der Waals surface area (Å²) in [6, 6.07) is 14.8. The van der Waals surface area contributed by atoms with E-state index in [4.69, 9.17) is 4.98 Å². The van der Waals surface area contributed by atoms with E-state index in [1.165, 1.54) is 16.8 Å². The van der Waals surface area contributed by atoms with E-state index < -0.39 is 0 Å². The Labute approximate surface area is 140 Å². The smallest absolute Gasteiger partial charge is 0.214 e. The molecule has 0 bridgehead atoms. The number of hydrogen-bond donors (Lipinski definition) is 0. The largest absolute Gasteiger partial charge is 0.294 e. The molecule has 0 radical (unpaired) electrons. The van der Waals surface area contributed by atoms with Crippen LogP contribution in [0.15, 0.2) is 54.9 Å². The van der Waals surface area contributed by atoms with Crippen molar-refractivity contribution < 1.29 is 4.57 Å². The van der Waals surface area contributed by atoms with Gasteiger partial charge in [-0.05, 0) is 36.8 Å². The Hall–Kier alpha value is -3.01. The Morgan fingerprint density at radius 2 is 2.00 bits per heavy atom. The summed E-state index contributed by atoms with van der Waals surface area (Å²) in [7, 11) is 2.08. The molecule has 0 saturated carbocycles. The van der Waals surface area contributed by atoms with Crippen LogP contribution >= 0.6 is 0 Å². The van der Waals surface area contributed by atoms with Crippen LogP contribution in [-0.2, 0) is 13.5 Å². The van der Waals surface area contributed by atoms with E-state index in [9.17, 15) is 0 Å². The molecule has 0 unspecified atom stereocenters. The molecule has 4 heteroatoms. The van der Waals surface area contributed by atoms with E-state index in [-0.39, 0.29) is 0 Å². The van der Waals surface area contributed by atoms with Crippen molar-refractivity contribution in [1.82, 2.24) is 14.5 Å². The van der Waals surface area contributed by atoms with Crippen LogP contribution in [-0.4, -0.2) is 14.5 Å². The third-order valence-electron chi connectivity index (χ3n) is 4.85. The third-order valence-corrected chi connectivity index (χ3v) is 4.85. The molecule has 0 atom stereocenters. The lowest BCUT2D eigenvalue weighted by Gasteiger charge is -2.07. The van der Waals surface area contributed by atoms with Crippen LogP contribution < -0.4 is 4.57 Å². The van der Waals surface area contributed by atoms with Gasteiger partial charge < -0.3 is 0 Å². The van der Waals surface area contributed by atoms with Gasteiger partial charge in [-0.15, -0.1) is 0 Å². The van der Waals surface area contributed by atoms with E-state index >= 15 is 0 Å². The van der Waals surface area contributed by atoms with Gasteiger partial charge in [-0.25, -0.2) is 9.55 Å². The molecule has 0 N–H and O–H groups in total. The molecule has 0 fully saturated rings. The number of nitrogens with zero attached hydrogens (tertiary/aromatic N) is 4. The second kappa shape index (κ2) is 4.74. The maximum absolute atomic E-state index is 5.00. The monoisotopic (exact) mass is 313 g/mol. The van der Waals surface area contributed by atoms with Crippen molar-refractivity contribution in [2.45, 2.75) is 13.3 Å². The minimum absolute atomic E-state index is 0.796. The molecule has 1 aromatic carbocycles. The van der Waals surface area contributed by atoms with Crippen LogP contribution in [0.4, 0.5) is 0 Å². The quantitative estimate of drug-likeness (QED) is 0.446. The molecule has 116 valence electrons. The second-order valence-electron chi connectivity index (χ2n) is 6.33. The highest BCUT2D eigenvalue weighted by Gasteiger charge is 2.26. The van der Waals surface area contributed by atoms with E-state index in [0.29, 0.717) is 0 Å². The van der Waals surface area contributed by atoms with Crippen LogP contribution in [0.2, 0.25) is 0 Å². The highest BCUT2D eigenvalue weighted by molar-refractivity contribution is 5.94. The van der Waals surface area contributed by atoms with Crippen molar-refractivity contribution in [3.63, 3.8) is 0 Å². The van der Waals surface area contributed by atoms with Crippen molar-refractivity contribution in [2.24, 2.45) is 7.05 Å². The van der Waals surface area contributed by atoms with Crippen LogP contribution in [0.25, 0.3) is 28.0 Å². The Bertz CT molecular complexity index is 1110. The average molecular weight is 313 g/mol. The van der Waals surface area contributed by atoms with Crippen molar-refractivity contribution in [2.75, 3.05) is 0 Å². The van der Waals surface area contributed by atoms with E-state index in [1.807, 2.05) is 18.3 Å². The molecule has 1 aliphatic heterocycles. The number of rotatable bonds is 1. The fourth-order valence-electron chi connectivity index (χ4n) is 3.71. The van der Waals surface area contributed by atoms with Gasteiger partial charge in [-0.1, -0.05) is 6.07 Å². The first kappa shape index (κ1) is 13.4. The molecule has 0 amide bonds. The maximum atomic E-state index is 5.00. The topological polar surface area (TPSA) is 34.6 Å². The number of pyridine rings is 2. The first-order chi connectivity index (χ1) is 11.7. The summed E-state index contributed by atoms with van der Waals surface area (Å²) in [6.45, 7) is 2.15. The maximum Gasteiger partial charge on any atom is 0.214 e. The lowest BCUT2D eigenvalue weighted by molar-refractivity contribution is -0.660. The number of imidazole rings is 1. The van der Waals surface area contributed by atoms with Gasteiger partial charge in [0.15, 0.2) is 6.20 Å². The molecule has 24 heavy (non-hydrogen) atoms. The van der Waals surface area contributed by atoms with E-state index in [0.717, 1.165) is 34.7 Å². The fourth-order valence-corrected chi connectivity index (χ4v) is 3.71. The summed E-state index contributed by atoms with van der Waals surface area (Å²) < 4.78 is 4.41. The second-order valence-corrected chi connectivity index (χ2v) is 6.33. The molecule has 1 aliphatic rings. The first-order valence-corrected chi connectivity index (χ1v) is 8.14. The molecule has 4 aromatic rings. The van der Waals surface area contributed by atoms with Gasteiger partial charge in [0.1, 0.15) is 18.4 Å². The number of aryl methyl sites for hydroxylation is 2. The number of benzene rings is 1. The normalized spacial score (nSPS) is 12.4. The first-order valence-electron chi connectivity index (χ1n) is 8.14. The van der Waals surface area contributed by atoms with Gasteiger partial charge in [-0.3, -0.25) is 9.55 Å². The highest BCUT2D eigenvalue weighted by Crippen LogP contribution is 2.35. The Kier molecular flexibility index (Phi) is 2.65. The Morgan fingerprint density at radius 1 is 1.08 bits per heavy atom. The van der Waals surface area contributed by atoms with Crippen LogP contribution in [0.5, 0.6) is 0 Å². The van der Waals surface area contributed by atoms with Gasteiger partial charge in [-0.2, -0.15) is 0 Å². The molecule has 0 saturated heterocycles. The zero-order valence-electron chi connectivity index (χ0n) is 13.7. The van der Waals surface area contributed by atoms with Crippen molar-refractivity contribution in [1.29, 1.82) is 0 Å². The molecule has 3 aromatic heterocycles. The summed E-state index contributed by atoms with van der Waals surface area (Å²) >= 11 is 0. The summed E-state index contributed by atoms with van der Waals surface area (Å²) in [5.74, 6) is 1.07. The van der Waals surface area contributed by atoms with E-state index in [2.05, 4.69) is 64.6 Å². The molecule has 0 aliphatic carbocycles.